The maximum Gasteiger partial charge on any atom is 0.304 e. The quantitative estimate of drug-likeness (QED) is 0.924. The molecule has 5 nitrogen and oxygen atoms in total. The molecule has 3 unspecified atom stereocenters. The molecule has 22 heavy (non-hydrogen) atoms. The maximum atomic E-state index is 12.6. The molecule has 1 aliphatic carbocycles. The van der Waals surface area contributed by atoms with Crippen molar-refractivity contribution in [2.24, 2.45) is 11.3 Å². The van der Waals surface area contributed by atoms with Crippen LogP contribution in [0.5, 0.6) is 5.75 Å². The average molecular weight is 301 g/mol. The van der Waals surface area contributed by atoms with Gasteiger partial charge < -0.3 is 9.84 Å². The van der Waals surface area contributed by atoms with Crippen LogP contribution in [0.25, 0.3) is 0 Å². The summed E-state index contributed by atoms with van der Waals surface area (Å²) in [5, 5.41) is 18.4. The highest BCUT2D eigenvalue weighted by Crippen LogP contribution is 2.45. The minimum atomic E-state index is -1.08. The highest BCUT2D eigenvalue weighted by Gasteiger charge is 2.47. The van der Waals surface area contributed by atoms with Crippen molar-refractivity contribution in [3.63, 3.8) is 0 Å². The van der Waals surface area contributed by atoms with Gasteiger partial charge in [0.15, 0.2) is 5.78 Å². The summed E-state index contributed by atoms with van der Waals surface area (Å²) in [6.45, 7) is 1.61. The number of ether oxygens (including phenoxy) is 1. The smallest absolute Gasteiger partial charge is 0.304 e. The third-order valence-corrected chi connectivity index (χ3v) is 4.51. The van der Waals surface area contributed by atoms with Crippen molar-refractivity contribution in [1.82, 2.24) is 0 Å². The summed E-state index contributed by atoms with van der Waals surface area (Å²) in [6.07, 6.45) is 0.835. The molecule has 1 aromatic carbocycles. The predicted molar refractivity (Wildman–Crippen MR) is 79.4 cm³/mol. The van der Waals surface area contributed by atoms with E-state index in [4.69, 9.17) is 9.84 Å². The Labute approximate surface area is 129 Å². The fourth-order valence-corrected chi connectivity index (χ4v) is 3.14. The van der Waals surface area contributed by atoms with Gasteiger partial charge in [0.2, 0.25) is 0 Å². The number of rotatable bonds is 4. The van der Waals surface area contributed by atoms with Crippen molar-refractivity contribution < 1.29 is 19.4 Å². The zero-order valence-corrected chi connectivity index (χ0v) is 12.7. The number of carbonyl (C=O) groups excluding carboxylic acids is 1. The number of carboxylic acid groups (broad SMARTS) is 1. The number of Topliss-reactive ketones (excluding diaryl/α,β-unsaturated/α-hetero) is 1. The fourth-order valence-electron chi connectivity index (χ4n) is 3.14. The first-order valence-corrected chi connectivity index (χ1v) is 7.22. The molecular formula is C17H19NO4. The van der Waals surface area contributed by atoms with E-state index in [0.717, 1.165) is 5.56 Å². The molecule has 3 atom stereocenters. The van der Waals surface area contributed by atoms with Crippen molar-refractivity contribution in [2.75, 3.05) is 7.11 Å². The highest BCUT2D eigenvalue weighted by atomic mass is 16.5. The van der Waals surface area contributed by atoms with E-state index in [1.54, 1.807) is 26.2 Å². The Morgan fingerprint density at radius 1 is 1.45 bits per heavy atom. The van der Waals surface area contributed by atoms with E-state index in [9.17, 15) is 14.9 Å². The van der Waals surface area contributed by atoms with Gasteiger partial charge in [-0.05, 0) is 43.4 Å². The van der Waals surface area contributed by atoms with Crippen LogP contribution in [0.15, 0.2) is 24.3 Å². The summed E-state index contributed by atoms with van der Waals surface area (Å²) >= 11 is 0. The number of aliphatic carboxylic acids is 1. The van der Waals surface area contributed by atoms with Crippen LogP contribution in [0, 0.1) is 22.7 Å². The van der Waals surface area contributed by atoms with Crippen LogP contribution < -0.4 is 4.74 Å². The normalized spacial score (nSPS) is 28.0. The van der Waals surface area contributed by atoms with Crippen molar-refractivity contribution in [2.45, 2.75) is 32.1 Å². The standard InChI is InChI=1S/C17H19NO4/c1-17(10-18)8-7-13(14(16(17)21)9-15(19)20)11-3-5-12(22-2)6-4-11/h3-6,13-14H,7-9H2,1-2H3,(H,19,20). The van der Waals surface area contributed by atoms with Crippen molar-refractivity contribution in [3.05, 3.63) is 29.8 Å². The van der Waals surface area contributed by atoms with Gasteiger partial charge in [-0.15, -0.1) is 0 Å². The minimum absolute atomic E-state index is 0.170. The second-order valence-electron chi connectivity index (χ2n) is 5.93. The number of methoxy groups -OCH3 is 1. The number of carbonyl (C=O) groups is 2. The molecule has 0 amide bonds. The Hall–Kier alpha value is -2.35. The molecule has 0 aliphatic heterocycles. The minimum Gasteiger partial charge on any atom is -0.497 e. The van der Waals surface area contributed by atoms with E-state index in [0.29, 0.717) is 18.6 Å². The lowest BCUT2D eigenvalue weighted by Crippen LogP contribution is -2.41. The lowest BCUT2D eigenvalue weighted by atomic mass is 9.63. The van der Waals surface area contributed by atoms with Crippen LogP contribution in [0.3, 0.4) is 0 Å². The number of nitrogens with zero attached hydrogens (tertiary/aromatic N) is 1. The monoisotopic (exact) mass is 301 g/mol. The van der Waals surface area contributed by atoms with Crippen LogP contribution in [0.4, 0.5) is 0 Å². The van der Waals surface area contributed by atoms with Gasteiger partial charge in [-0.3, -0.25) is 9.59 Å². The van der Waals surface area contributed by atoms with Crippen LogP contribution >= 0.6 is 0 Å². The largest absolute Gasteiger partial charge is 0.497 e. The molecule has 2 rings (SSSR count). The van der Waals surface area contributed by atoms with E-state index in [1.807, 2.05) is 12.1 Å². The number of benzene rings is 1. The zero-order chi connectivity index (χ0) is 16.3. The Kier molecular flexibility index (Phi) is 4.51. The molecule has 1 aliphatic rings. The molecule has 1 N–H and O–H groups in total. The maximum absolute atomic E-state index is 12.6. The van der Waals surface area contributed by atoms with Gasteiger partial charge in [-0.25, -0.2) is 0 Å². The first kappa shape index (κ1) is 16.0. The second-order valence-corrected chi connectivity index (χ2v) is 5.93. The molecule has 116 valence electrons. The summed E-state index contributed by atoms with van der Waals surface area (Å²) in [5.74, 6) is -1.40. The van der Waals surface area contributed by atoms with Gasteiger partial charge >= 0.3 is 5.97 Å². The Morgan fingerprint density at radius 3 is 2.59 bits per heavy atom. The van der Waals surface area contributed by atoms with Crippen LogP contribution in [-0.4, -0.2) is 24.0 Å². The van der Waals surface area contributed by atoms with Crippen LogP contribution in [-0.2, 0) is 9.59 Å². The lowest BCUT2D eigenvalue weighted by Gasteiger charge is -2.37. The van der Waals surface area contributed by atoms with Crippen LogP contribution in [0.1, 0.15) is 37.7 Å². The number of hydrogen-bond donors (Lipinski definition) is 1. The summed E-state index contributed by atoms with van der Waals surface area (Å²) in [7, 11) is 1.57. The molecule has 1 aromatic rings. The number of carboxylic acids is 1. The molecule has 0 heterocycles. The molecule has 0 bridgehead atoms. The SMILES string of the molecule is COc1ccc(C2CCC(C)(C#N)C(=O)C2CC(=O)O)cc1. The van der Waals surface area contributed by atoms with Gasteiger partial charge in [-0.1, -0.05) is 12.1 Å². The second kappa shape index (κ2) is 6.18. The number of hydrogen-bond acceptors (Lipinski definition) is 4. The molecule has 0 saturated heterocycles. The molecule has 0 radical (unpaired) electrons. The first-order chi connectivity index (χ1) is 10.4. The van der Waals surface area contributed by atoms with Gasteiger partial charge in [0.25, 0.3) is 0 Å². The van der Waals surface area contributed by atoms with Gasteiger partial charge in [0.05, 0.1) is 19.6 Å². The Morgan fingerprint density at radius 2 is 2.09 bits per heavy atom. The van der Waals surface area contributed by atoms with Crippen molar-refractivity contribution in [3.8, 4) is 11.8 Å². The predicted octanol–water partition coefficient (Wildman–Crippen LogP) is 2.76. The van der Waals surface area contributed by atoms with Crippen molar-refractivity contribution in [1.29, 1.82) is 5.26 Å². The lowest BCUT2D eigenvalue weighted by molar-refractivity contribution is -0.144. The Bertz CT molecular complexity index is 617. The van der Waals surface area contributed by atoms with E-state index in [-0.39, 0.29) is 18.1 Å². The highest BCUT2D eigenvalue weighted by molar-refractivity contribution is 5.93. The number of ketones is 1. The summed E-state index contributed by atoms with van der Waals surface area (Å²) in [4.78, 5) is 23.7. The summed E-state index contributed by atoms with van der Waals surface area (Å²) in [6, 6.07) is 9.39. The third kappa shape index (κ3) is 2.96. The zero-order valence-electron chi connectivity index (χ0n) is 12.7. The molecule has 0 aromatic heterocycles. The molecule has 0 spiro atoms. The van der Waals surface area contributed by atoms with Crippen molar-refractivity contribution >= 4 is 11.8 Å². The van der Waals surface area contributed by atoms with Gasteiger partial charge in [0, 0.05) is 5.92 Å². The Balaban J connectivity index is 2.34. The van der Waals surface area contributed by atoms with E-state index >= 15 is 0 Å². The molecule has 1 fully saturated rings. The third-order valence-electron chi connectivity index (χ3n) is 4.51. The topological polar surface area (TPSA) is 87.4 Å². The molecule has 5 heteroatoms. The van der Waals surface area contributed by atoms with Crippen LogP contribution in [0.2, 0.25) is 0 Å². The number of nitriles is 1. The first-order valence-electron chi connectivity index (χ1n) is 7.22. The van der Waals surface area contributed by atoms with Gasteiger partial charge in [-0.2, -0.15) is 5.26 Å². The summed E-state index contributed by atoms with van der Waals surface area (Å²) in [5.41, 5.74) is -0.163. The van der Waals surface area contributed by atoms with E-state index < -0.39 is 17.3 Å². The summed E-state index contributed by atoms with van der Waals surface area (Å²) < 4.78 is 5.12. The van der Waals surface area contributed by atoms with Gasteiger partial charge in [0.1, 0.15) is 11.2 Å². The fraction of sp³-hybridized carbons (Fsp3) is 0.471. The average Bonchev–Trinajstić information content (AvgIpc) is 2.52. The van der Waals surface area contributed by atoms with E-state index in [2.05, 4.69) is 6.07 Å². The molecule has 1 saturated carbocycles. The van der Waals surface area contributed by atoms with E-state index in [1.165, 1.54) is 0 Å². The molecular weight excluding hydrogens is 282 g/mol.